The van der Waals surface area contributed by atoms with Gasteiger partial charge in [0.25, 0.3) is 6.08 Å². The van der Waals surface area contributed by atoms with Gasteiger partial charge >= 0.3 is 5.22 Å². The molecule has 8 heteroatoms. The van der Waals surface area contributed by atoms with E-state index in [0.29, 0.717) is 6.08 Å². The third kappa shape index (κ3) is 3.28. The Labute approximate surface area is 95.8 Å². The SMILES string of the molecule is Cc1nc(S(=O)(=O)CCC=C(F)F)oc1Cl. The molecule has 0 atom stereocenters. The first-order valence-corrected chi connectivity index (χ1v) is 6.23. The number of halogens is 3. The van der Waals surface area contributed by atoms with Crippen LogP contribution in [0.25, 0.3) is 0 Å². The summed E-state index contributed by atoms with van der Waals surface area (Å²) in [5.41, 5.74) is 0.243. The van der Waals surface area contributed by atoms with E-state index in [1.54, 1.807) is 0 Å². The minimum Gasteiger partial charge on any atom is -0.416 e. The molecular formula is C8H8ClF2NO3S. The zero-order valence-corrected chi connectivity index (χ0v) is 9.78. The second-order valence-corrected chi connectivity index (χ2v) is 5.27. The Morgan fingerprint density at radius 3 is 2.62 bits per heavy atom. The number of oxazole rings is 1. The van der Waals surface area contributed by atoms with Crippen molar-refractivity contribution in [1.82, 2.24) is 4.98 Å². The van der Waals surface area contributed by atoms with Crippen LogP contribution in [-0.4, -0.2) is 19.2 Å². The summed E-state index contributed by atoms with van der Waals surface area (Å²) in [6.07, 6.45) is -1.70. The quantitative estimate of drug-likeness (QED) is 0.844. The Kier molecular flexibility index (Phi) is 4.03. The number of hydrogen-bond acceptors (Lipinski definition) is 4. The van der Waals surface area contributed by atoms with Crippen molar-refractivity contribution < 1.29 is 21.6 Å². The summed E-state index contributed by atoms with van der Waals surface area (Å²) < 4.78 is 51.0. The summed E-state index contributed by atoms with van der Waals surface area (Å²) in [5.74, 6) is -0.499. The molecule has 0 spiro atoms. The van der Waals surface area contributed by atoms with Crippen molar-refractivity contribution in [3.63, 3.8) is 0 Å². The molecule has 0 bridgehead atoms. The minimum absolute atomic E-state index is 0.120. The number of allylic oxidation sites excluding steroid dienone is 1. The fourth-order valence-electron chi connectivity index (χ4n) is 0.898. The average molecular weight is 272 g/mol. The third-order valence-corrected chi connectivity index (χ3v) is 3.50. The molecule has 1 rings (SSSR count). The van der Waals surface area contributed by atoms with E-state index in [0.717, 1.165) is 0 Å². The number of aromatic nitrogens is 1. The maximum Gasteiger partial charge on any atom is 0.316 e. The van der Waals surface area contributed by atoms with Crippen molar-refractivity contribution in [2.45, 2.75) is 18.6 Å². The molecule has 1 heterocycles. The highest BCUT2D eigenvalue weighted by Gasteiger charge is 2.22. The fourth-order valence-corrected chi connectivity index (χ4v) is 2.15. The van der Waals surface area contributed by atoms with Gasteiger partial charge in [0.05, 0.1) is 11.4 Å². The Hall–Kier alpha value is -0.950. The molecule has 0 radical (unpaired) electrons. The lowest BCUT2D eigenvalue weighted by Gasteiger charge is -1.95. The molecule has 0 saturated carbocycles. The van der Waals surface area contributed by atoms with Crippen LogP contribution in [0.2, 0.25) is 5.22 Å². The average Bonchev–Trinajstić information content (AvgIpc) is 2.46. The van der Waals surface area contributed by atoms with Crippen LogP contribution in [0.1, 0.15) is 12.1 Å². The summed E-state index contributed by atoms with van der Waals surface area (Å²) in [7, 11) is -3.80. The van der Waals surface area contributed by atoms with Crippen molar-refractivity contribution in [3.8, 4) is 0 Å². The molecule has 16 heavy (non-hydrogen) atoms. The number of rotatable bonds is 4. The molecule has 0 aliphatic carbocycles. The van der Waals surface area contributed by atoms with Gasteiger partial charge in [-0.25, -0.2) is 13.4 Å². The van der Waals surface area contributed by atoms with Gasteiger partial charge < -0.3 is 4.42 Å². The molecule has 0 aliphatic heterocycles. The summed E-state index contributed by atoms with van der Waals surface area (Å²) in [6.45, 7) is 1.48. The lowest BCUT2D eigenvalue weighted by atomic mass is 10.5. The van der Waals surface area contributed by atoms with E-state index in [9.17, 15) is 17.2 Å². The van der Waals surface area contributed by atoms with Gasteiger partial charge in [0.15, 0.2) is 0 Å². The Morgan fingerprint density at radius 2 is 2.19 bits per heavy atom. The van der Waals surface area contributed by atoms with Gasteiger partial charge in [-0.15, -0.1) is 0 Å². The Bertz CT molecular complexity index is 486. The van der Waals surface area contributed by atoms with Crippen molar-refractivity contribution in [2.24, 2.45) is 0 Å². The van der Waals surface area contributed by atoms with Gasteiger partial charge in [0, 0.05) is 0 Å². The number of sulfone groups is 1. The van der Waals surface area contributed by atoms with E-state index in [1.807, 2.05) is 0 Å². The fraction of sp³-hybridized carbons (Fsp3) is 0.375. The Balaban J connectivity index is 2.82. The maximum absolute atomic E-state index is 11.7. The minimum atomic E-state index is -3.80. The standard InChI is InChI=1S/C8H8ClF2NO3S/c1-5-7(9)15-8(12-5)16(13,14)4-2-3-6(10)11/h3H,2,4H2,1H3. The third-order valence-electron chi connectivity index (χ3n) is 1.67. The number of hydrogen-bond donors (Lipinski definition) is 0. The lowest BCUT2D eigenvalue weighted by molar-refractivity contribution is 0.417. The van der Waals surface area contributed by atoms with Crippen LogP contribution in [0.3, 0.4) is 0 Å². The van der Waals surface area contributed by atoms with E-state index in [4.69, 9.17) is 16.0 Å². The van der Waals surface area contributed by atoms with Crippen LogP contribution in [0.4, 0.5) is 8.78 Å². The molecule has 0 unspecified atom stereocenters. The molecule has 0 fully saturated rings. The van der Waals surface area contributed by atoms with Gasteiger partial charge in [0.2, 0.25) is 15.1 Å². The van der Waals surface area contributed by atoms with Crippen molar-refractivity contribution in [1.29, 1.82) is 0 Å². The largest absolute Gasteiger partial charge is 0.416 e. The summed E-state index contributed by atoms with van der Waals surface area (Å²) in [6, 6.07) is 0. The van der Waals surface area contributed by atoms with Gasteiger partial charge in [0.1, 0.15) is 0 Å². The monoisotopic (exact) mass is 271 g/mol. The highest BCUT2D eigenvalue weighted by atomic mass is 35.5. The van der Waals surface area contributed by atoms with Gasteiger partial charge in [-0.3, -0.25) is 0 Å². The van der Waals surface area contributed by atoms with Crippen LogP contribution in [-0.2, 0) is 9.84 Å². The van der Waals surface area contributed by atoms with E-state index in [-0.39, 0.29) is 17.3 Å². The number of nitrogens with zero attached hydrogens (tertiary/aromatic N) is 1. The van der Waals surface area contributed by atoms with E-state index < -0.39 is 26.9 Å². The molecule has 90 valence electrons. The Morgan fingerprint density at radius 1 is 1.56 bits per heavy atom. The van der Waals surface area contributed by atoms with E-state index >= 15 is 0 Å². The first kappa shape index (κ1) is 13.1. The topological polar surface area (TPSA) is 60.2 Å². The molecule has 1 aromatic heterocycles. The summed E-state index contributed by atoms with van der Waals surface area (Å²) in [4.78, 5) is 3.58. The van der Waals surface area contributed by atoms with Crippen LogP contribution < -0.4 is 0 Å². The first-order valence-electron chi connectivity index (χ1n) is 4.20. The first-order chi connectivity index (χ1) is 7.33. The highest BCUT2D eigenvalue weighted by molar-refractivity contribution is 7.91. The molecule has 0 amide bonds. The highest BCUT2D eigenvalue weighted by Crippen LogP contribution is 2.20. The molecule has 0 aliphatic rings. The zero-order valence-electron chi connectivity index (χ0n) is 8.21. The van der Waals surface area contributed by atoms with Crippen LogP contribution in [0.15, 0.2) is 21.8 Å². The van der Waals surface area contributed by atoms with Crippen LogP contribution in [0, 0.1) is 6.92 Å². The smallest absolute Gasteiger partial charge is 0.316 e. The molecule has 0 N–H and O–H groups in total. The van der Waals surface area contributed by atoms with Crippen LogP contribution in [0.5, 0.6) is 0 Å². The van der Waals surface area contributed by atoms with Crippen LogP contribution >= 0.6 is 11.6 Å². The second kappa shape index (κ2) is 4.92. The van der Waals surface area contributed by atoms with Crippen molar-refractivity contribution in [2.75, 3.05) is 5.75 Å². The lowest BCUT2D eigenvalue weighted by Crippen LogP contribution is -2.06. The van der Waals surface area contributed by atoms with E-state index in [2.05, 4.69) is 4.98 Å². The van der Waals surface area contributed by atoms with Gasteiger partial charge in [-0.2, -0.15) is 8.78 Å². The molecular weight excluding hydrogens is 264 g/mol. The molecule has 0 aromatic carbocycles. The van der Waals surface area contributed by atoms with Gasteiger partial charge in [-0.1, -0.05) is 0 Å². The van der Waals surface area contributed by atoms with Crippen molar-refractivity contribution >= 4 is 21.4 Å². The second-order valence-electron chi connectivity index (χ2n) is 2.94. The van der Waals surface area contributed by atoms with E-state index in [1.165, 1.54) is 6.92 Å². The van der Waals surface area contributed by atoms with Crippen molar-refractivity contribution in [3.05, 3.63) is 23.1 Å². The normalized spacial score (nSPS) is 11.5. The molecule has 4 nitrogen and oxygen atoms in total. The molecule has 0 saturated heterocycles. The predicted molar refractivity (Wildman–Crippen MR) is 53.2 cm³/mol. The van der Waals surface area contributed by atoms with Gasteiger partial charge in [-0.05, 0) is 31.0 Å². The molecule has 1 aromatic rings. The summed E-state index contributed by atoms with van der Waals surface area (Å²) in [5, 5.41) is -0.659. The summed E-state index contributed by atoms with van der Waals surface area (Å²) >= 11 is 5.49. The number of aryl methyl sites for hydroxylation is 1. The maximum atomic E-state index is 11.7. The predicted octanol–water partition coefficient (Wildman–Crippen LogP) is 2.58. The zero-order chi connectivity index (χ0) is 12.3.